The number of rotatable bonds is 4. The molecule has 2 amide bonds. The minimum atomic E-state index is -0.741. The number of aromatic nitrogens is 4. The Labute approximate surface area is 276 Å². The Hall–Kier alpha value is -5.64. The van der Waals surface area contributed by atoms with Gasteiger partial charge in [0.05, 0.1) is 10.8 Å². The molecule has 2 unspecified atom stereocenters. The number of benzene rings is 2. The van der Waals surface area contributed by atoms with Crippen LogP contribution in [0, 0.1) is 0 Å². The van der Waals surface area contributed by atoms with Gasteiger partial charge in [0.2, 0.25) is 11.8 Å². The molecular formula is C38H38N6O4. The van der Waals surface area contributed by atoms with E-state index < -0.39 is 10.8 Å². The van der Waals surface area contributed by atoms with E-state index in [2.05, 4.69) is 54.0 Å². The maximum atomic E-state index is 12.6. The number of fused-ring (bicyclic) bond motifs is 2. The highest BCUT2D eigenvalue weighted by molar-refractivity contribution is 5.91. The third kappa shape index (κ3) is 5.13. The van der Waals surface area contributed by atoms with Crippen molar-refractivity contribution in [1.82, 2.24) is 29.7 Å². The van der Waals surface area contributed by atoms with E-state index >= 15 is 0 Å². The van der Waals surface area contributed by atoms with Crippen LogP contribution in [0.3, 0.4) is 0 Å². The van der Waals surface area contributed by atoms with Crippen molar-refractivity contribution in [3.63, 3.8) is 0 Å². The van der Waals surface area contributed by atoms with Gasteiger partial charge in [0.25, 0.3) is 11.1 Å². The molecule has 2 aromatic carbocycles. The van der Waals surface area contributed by atoms with E-state index in [9.17, 15) is 19.2 Å². The first-order valence-corrected chi connectivity index (χ1v) is 16.1. The number of amides is 2. The minimum Gasteiger partial charge on any atom is -0.355 e. The summed E-state index contributed by atoms with van der Waals surface area (Å²) in [5, 5.41) is 7.87. The summed E-state index contributed by atoms with van der Waals surface area (Å²) < 4.78 is 4.12. The smallest absolute Gasteiger partial charge is 0.252 e. The summed E-state index contributed by atoms with van der Waals surface area (Å²) >= 11 is 0. The van der Waals surface area contributed by atoms with E-state index in [1.54, 1.807) is 12.1 Å². The van der Waals surface area contributed by atoms with Crippen molar-refractivity contribution in [3.8, 4) is 22.5 Å². The zero-order chi connectivity index (χ0) is 33.8. The quantitative estimate of drug-likeness (QED) is 0.223. The van der Waals surface area contributed by atoms with Crippen molar-refractivity contribution in [3.05, 3.63) is 117 Å². The molecule has 6 aromatic rings. The molecule has 6 heterocycles. The number of nitrogens with one attached hydrogen (secondary N) is 4. The molecule has 10 heteroatoms. The Morgan fingerprint density at radius 3 is 1.33 bits per heavy atom. The van der Waals surface area contributed by atoms with Crippen LogP contribution >= 0.6 is 0 Å². The number of aryl methyl sites for hydroxylation is 2. The summed E-state index contributed by atoms with van der Waals surface area (Å²) in [6.45, 7) is 4.88. The van der Waals surface area contributed by atoms with Crippen molar-refractivity contribution in [1.29, 1.82) is 0 Å². The topological polar surface area (TPSA) is 134 Å². The van der Waals surface area contributed by atoms with Gasteiger partial charge in [-0.1, -0.05) is 24.3 Å². The first-order chi connectivity index (χ1) is 23.0. The van der Waals surface area contributed by atoms with Gasteiger partial charge in [-0.3, -0.25) is 19.2 Å². The third-order valence-corrected chi connectivity index (χ3v) is 10.2. The largest absolute Gasteiger partial charge is 0.355 e. The molecular weight excluding hydrogens is 604 g/mol. The molecule has 4 aromatic heterocycles. The van der Waals surface area contributed by atoms with E-state index in [1.807, 2.05) is 76.7 Å². The molecule has 10 nitrogen and oxygen atoms in total. The molecule has 48 heavy (non-hydrogen) atoms. The Balaban J connectivity index is 0.000000152. The van der Waals surface area contributed by atoms with Gasteiger partial charge in [-0.2, -0.15) is 0 Å². The number of hydrogen-bond acceptors (Lipinski definition) is 4. The van der Waals surface area contributed by atoms with Gasteiger partial charge in [-0.05, 0) is 86.3 Å². The van der Waals surface area contributed by atoms with Crippen molar-refractivity contribution < 1.29 is 9.59 Å². The number of hydrogen-bond donors (Lipinski definition) is 4. The highest BCUT2D eigenvalue weighted by Crippen LogP contribution is 2.32. The van der Waals surface area contributed by atoms with Gasteiger partial charge in [0, 0.05) is 83.9 Å². The van der Waals surface area contributed by atoms with Crippen molar-refractivity contribution >= 4 is 33.6 Å². The fraction of sp³-hybridized carbons (Fsp3) is 0.263. The average Bonchev–Trinajstić information content (AvgIpc) is 3.84. The molecule has 0 radical (unpaired) electrons. The summed E-state index contributed by atoms with van der Waals surface area (Å²) in [7, 11) is 4.01. The first kappa shape index (κ1) is 31.0. The van der Waals surface area contributed by atoms with Crippen LogP contribution in [0.1, 0.15) is 37.8 Å². The minimum absolute atomic E-state index is 0.0774. The molecule has 0 saturated carbocycles. The molecule has 2 aliphatic heterocycles. The van der Waals surface area contributed by atoms with Crippen LogP contribution in [-0.4, -0.2) is 44.0 Å². The number of pyridine rings is 2. The number of carbonyl (C=O) groups is 2. The molecule has 2 atom stereocenters. The number of aromatic amines is 2. The highest BCUT2D eigenvalue weighted by Gasteiger charge is 2.42. The maximum absolute atomic E-state index is 12.6. The lowest BCUT2D eigenvalue weighted by atomic mass is 9.81. The first-order valence-electron chi connectivity index (χ1n) is 16.1. The summed E-state index contributed by atoms with van der Waals surface area (Å²) in [6, 6.07) is 23.6. The highest BCUT2D eigenvalue weighted by atomic mass is 16.2. The zero-order valence-corrected chi connectivity index (χ0v) is 27.4. The Morgan fingerprint density at radius 1 is 0.562 bits per heavy atom. The third-order valence-electron chi connectivity index (χ3n) is 10.2. The lowest BCUT2D eigenvalue weighted by molar-refractivity contribution is -0.124. The predicted molar refractivity (Wildman–Crippen MR) is 188 cm³/mol. The lowest BCUT2D eigenvalue weighted by Gasteiger charge is -2.20. The van der Waals surface area contributed by atoms with E-state index in [1.165, 1.54) is 0 Å². The fourth-order valence-corrected chi connectivity index (χ4v) is 7.03. The Kier molecular flexibility index (Phi) is 7.46. The van der Waals surface area contributed by atoms with Gasteiger partial charge in [0.15, 0.2) is 0 Å². The number of H-pyrrole nitrogens is 2. The van der Waals surface area contributed by atoms with E-state index in [0.29, 0.717) is 37.1 Å². The van der Waals surface area contributed by atoms with Crippen LogP contribution in [0.5, 0.6) is 0 Å². The molecule has 0 aliphatic carbocycles. The van der Waals surface area contributed by atoms with Crippen LogP contribution in [0.25, 0.3) is 44.3 Å². The molecule has 2 fully saturated rings. The summed E-state index contributed by atoms with van der Waals surface area (Å²) in [5.74, 6) is -0.155. The second kappa shape index (κ2) is 11.6. The van der Waals surface area contributed by atoms with E-state index in [4.69, 9.17) is 0 Å². The standard InChI is InChI=1S/2C19H19N3O2/c2*1-19(8-9-20-18(19)24)14-4-5-15(21-17(14)23)12-3-6-16-13(11-12)7-10-22(16)2/h2*3-7,10-11H,8-9H2,1-2H3,(H,20,24)(H,21,23). The van der Waals surface area contributed by atoms with E-state index in [0.717, 1.165) is 44.3 Å². The second-order valence-corrected chi connectivity index (χ2v) is 13.3. The van der Waals surface area contributed by atoms with Crippen LogP contribution in [0.2, 0.25) is 0 Å². The molecule has 0 bridgehead atoms. The van der Waals surface area contributed by atoms with Gasteiger partial charge >= 0.3 is 0 Å². The summed E-state index contributed by atoms with van der Waals surface area (Å²) in [4.78, 5) is 55.2. The molecule has 2 aliphatic rings. The van der Waals surface area contributed by atoms with Gasteiger partial charge < -0.3 is 29.7 Å². The SMILES string of the molecule is Cn1ccc2cc(-c3ccc(C4(C)CCNC4=O)c(=O)[nH]3)ccc21.Cn1ccc2cc(-c3ccc(C4(C)CCNC4=O)c(=O)[nH]3)ccc21. The molecule has 0 spiro atoms. The van der Waals surface area contributed by atoms with Crippen molar-refractivity contribution in [2.45, 2.75) is 37.5 Å². The van der Waals surface area contributed by atoms with Crippen LogP contribution < -0.4 is 21.8 Å². The van der Waals surface area contributed by atoms with Crippen molar-refractivity contribution in [2.24, 2.45) is 14.1 Å². The number of nitrogens with zero attached hydrogens (tertiary/aromatic N) is 2. The van der Waals surface area contributed by atoms with Crippen LogP contribution in [-0.2, 0) is 34.5 Å². The average molecular weight is 643 g/mol. The second-order valence-electron chi connectivity index (χ2n) is 13.3. The van der Waals surface area contributed by atoms with Gasteiger partial charge in [-0.15, -0.1) is 0 Å². The van der Waals surface area contributed by atoms with Crippen molar-refractivity contribution in [2.75, 3.05) is 13.1 Å². The Morgan fingerprint density at radius 2 is 0.979 bits per heavy atom. The van der Waals surface area contributed by atoms with Gasteiger partial charge in [-0.25, -0.2) is 0 Å². The van der Waals surface area contributed by atoms with E-state index in [-0.39, 0.29) is 22.9 Å². The normalized spacial score (nSPS) is 20.5. The molecule has 4 N–H and O–H groups in total. The van der Waals surface area contributed by atoms with Crippen LogP contribution in [0.15, 0.2) is 94.8 Å². The number of carbonyl (C=O) groups excluding carboxylic acids is 2. The lowest BCUT2D eigenvalue weighted by Crippen LogP contribution is -2.37. The summed E-state index contributed by atoms with van der Waals surface area (Å²) in [6.07, 6.45) is 5.31. The van der Waals surface area contributed by atoms with Gasteiger partial charge in [0.1, 0.15) is 0 Å². The monoisotopic (exact) mass is 642 g/mol. The summed E-state index contributed by atoms with van der Waals surface area (Å²) in [5.41, 5.74) is 4.92. The fourth-order valence-electron chi connectivity index (χ4n) is 7.03. The molecule has 244 valence electrons. The molecule has 8 rings (SSSR count). The van der Waals surface area contributed by atoms with Crippen LogP contribution in [0.4, 0.5) is 0 Å². The Bertz CT molecular complexity index is 2200. The predicted octanol–water partition coefficient (Wildman–Crippen LogP) is 4.62. The maximum Gasteiger partial charge on any atom is 0.252 e. The molecule has 2 saturated heterocycles. The zero-order valence-electron chi connectivity index (χ0n) is 27.4.